The summed E-state index contributed by atoms with van der Waals surface area (Å²) < 4.78 is 28.0. The second kappa shape index (κ2) is 9.32. The van der Waals surface area contributed by atoms with Gasteiger partial charge in [-0.2, -0.15) is 4.31 Å². The van der Waals surface area contributed by atoms with E-state index in [2.05, 4.69) is 0 Å². The lowest BCUT2D eigenvalue weighted by Crippen LogP contribution is -2.30. The standard InChI is InChI=1S/C20H15Cl3N2O4S/c21-17-10-7-15(11-19(17)23)13-24(12-14-5-8-16(9-6-14)25(26)27)30(28,29)20-4-2-1-3-18(20)22/h1-11H,12-13H2. The minimum Gasteiger partial charge on any atom is -0.258 e. The van der Waals surface area contributed by atoms with Crippen LogP contribution in [0.2, 0.25) is 15.1 Å². The van der Waals surface area contributed by atoms with Gasteiger partial charge in [0.1, 0.15) is 4.90 Å². The molecule has 0 atom stereocenters. The molecule has 0 N–H and O–H groups in total. The molecule has 0 aliphatic rings. The molecule has 0 fully saturated rings. The van der Waals surface area contributed by atoms with Crippen molar-refractivity contribution in [3.05, 3.63) is 103 Å². The Morgan fingerprint density at radius 1 is 0.800 bits per heavy atom. The first-order valence-electron chi connectivity index (χ1n) is 8.60. The molecular formula is C20H15Cl3N2O4S. The van der Waals surface area contributed by atoms with Gasteiger partial charge in [-0.25, -0.2) is 8.42 Å². The van der Waals surface area contributed by atoms with Gasteiger partial charge in [-0.15, -0.1) is 0 Å². The van der Waals surface area contributed by atoms with E-state index < -0.39 is 14.9 Å². The number of rotatable bonds is 7. The van der Waals surface area contributed by atoms with Crippen molar-refractivity contribution in [3.8, 4) is 0 Å². The molecule has 30 heavy (non-hydrogen) atoms. The third-order valence-electron chi connectivity index (χ3n) is 4.30. The molecule has 0 saturated heterocycles. The van der Waals surface area contributed by atoms with E-state index in [0.29, 0.717) is 21.2 Å². The summed E-state index contributed by atoms with van der Waals surface area (Å²) in [5.41, 5.74) is 1.13. The number of hydrogen-bond acceptors (Lipinski definition) is 4. The van der Waals surface area contributed by atoms with Gasteiger partial charge in [-0.3, -0.25) is 10.1 Å². The van der Waals surface area contributed by atoms with Gasteiger partial charge in [0.15, 0.2) is 0 Å². The third kappa shape index (κ3) is 5.11. The molecule has 0 heterocycles. The SMILES string of the molecule is O=[N+]([O-])c1ccc(CN(Cc2ccc(Cl)c(Cl)c2)S(=O)(=O)c2ccccc2Cl)cc1. The van der Waals surface area contributed by atoms with Crippen molar-refractivity contribution >= 4 is 50.5 Å². The first-order chi connectivity index (χ1) is 14.2. The van der Waals surface area contributed by atoms with Crippen LogP contribution in [0.25, 0.3) is 0 Å². The Bertz CT molecular complexity index is 1180. The van der Waals surface area contributed by atoms with Crippen molar-refractivity contribution in [1.82, 2.24) is 4.31 Å². The monoisotopic (exact) mass is 484 g/mol. The van der Waals surface area contributed by atoms with Gasteiger partial charge in [-0.05, 0) is 35.4 Å². The molecule has 0 amide bonds. The fourth-order valence-corrected chi connectivity index (χ4v) is 5.02. The fourth-order valence-electron chi connectivity index (χ4n) is 2.79. The van der Waals surface area contributed by atoms with Crippen LogP contribution in [0.1, 0.15) is 11.1 Å². The van der Waals surface area contributed by atoms with Crippen LogP contribution >= 0.6 is 34.8 Å². The molecule has 0 radical (unpaired) electrons. The van der Waals surface area contributed by atoms with Crippen molar-refractivity contribution in [2.75, 3.05) is 0 Å². The Labute approximate surface area is 188 Å². The van der Waals surface area contributed by atoms with Crippen LogP contribution in [0, 0.1) is 10.1 Å². The summed E-state index contributed by atoms with van der Waals surface area (Å²) in [7, 11) is -3.99. The predicted octanol–water partition coefficient (Wildman–Crippen LogP) is 5.95. The molecule has 10 heteroatoms. The smallest absolute Gasteiger partial charge is 0.258 e. The predicted molar refractivity (Wildman–Crippen MR) is 117 cm³/mol. The molecule has 3 aromatic rings. The summed E-state index contributed by atoms with van der Waals surface area (Å²) in [6, 6.07) is 16.7. The lowest BCUT2D eigenvalue weighted by atomic mass is 10.2. The van der Waals surface area contributed by atoms with Crippen molar-refractivity contribution in [1.29, 1.82) is 0 Å². The molecule has 0 unspecified atom stereocenters. The number of halogens is 3. The number of nitro benzene ring substituents is 1. The van der Waals surface area contributed by atoms with Crippen LogP contribution in [-0.2, 0) is 23.1 Å². The summed E-state index contributed by atoms with van der Waals surface area (Å²) in [6.07, 6.45) is 0. The average molecular weight is 486 g/mol. The normalized spacial score (nSPS) is 11.6. The van der Waals surface area contributed by atoms with Crippen LogP contribution in [0.4, 0.5) is 5.69 Å². The Hall–Kier alpha value is -2.16. The topological polar surface area (TPSA) is 80.5 Å². The molecule has 0 bridgehead atoms. The highest BCUT2D eigenvalue weighted by atomic mass is 35.5. The van der Waals surface area contributed by atoms with Crippen LogP contribution in [0.3, 0.4) is 0 Å². The quantitative estimate of drug-likeness (QED) is 0.306. The maximum atomic E-state index is 13.4. The number of nitro groups is 1. The Balaban J connectivity index is 2.00. The van der Waals surface area contributed by atoms with Gasteiger partial charge in [-0.1, -0.05) is 65.1 Å². The Morgan fingerprint density at radius 2 is 1.40 bits per heavy atom. The minimum atomic E-state index is -3.99. The second-order valence-corrected chi connectivity index (χ2v) is 9.50. The van der Waals surface area contributed by atoms with Crippen molar-refractivity contribution in [2.24, 2.45) is 0 Å². The van der Waals surface area contributed by atoms with Gasteiger partial charge in [0.2, 0.25) is 10.0 Å². The number of hydrogen-bond donors (Lipinski definition) is 0. The zero-order valence-corrected chi connectivity index (χ0v) is 18.4. The van der Waals surface area contributed by atoms with E-state index in [1.165, 1.54) is 40.7 Å². The molecule has 0 aliphatic heterocycles. The molecule has 0 spiro atoms. The first-order valence-corrected chi connectivity index (χ1v) is 11.2. The molecule has 156 valence electrons. The van der Waals surface area contributed by atoms with E-state index in [1.807, 2.05) is 0 Å². The van der Waals surface area contributed by atoms with Crippen molar-refractivity contribution in [2.45, 2.75) is 18.0 Å². The zero-order valence-electron chi connectivity index (χ0n) is 15.3. The summed E-state index contributed by atoms with van der Waals surface area (Å²) in [5.74, 6) is 0. The van der Waals surface area contributed by atoms with E-state index in [0.717, 1.165) is 0 Å². The summed E-state index contributed by atoms with van der Waals surface area (Å²) in [4.78, 5) is 10.3. The van der Waals surface area contributed by atoms with Crippen LogP contribution < -0.4 is 0 Å². The lowest BCUT2D eigenvalue weighted by molar-refractivity contribution is -0.384. The number of sulfonamides is 1. The summed E-state index contributed by atoms with van der Waals surface area (Å²) in [6.45, 7) is -0.0206. The minimum absolute atomic E-state index is 0.00142. The zero-order chi connectivity index (χ0) is 21.9. The largest absolute Gasteiger partial charge is 0.269 e. The van der Waals surface area contributed by atoms with E-state index in [4.69, 9.17) is 34.8 Å². The highest BCUT2D eigenvalue weighted by molar-refractivity contribution is 7.89. The molecule has 0 aliphatic carbocycles. The van der Waals surface area contributed by atoms with E-state index in [1.54, 1.807) is 30.3 Å². The van der Waals surface area contributed by atoms with Crippen molar-refractivity contribution < 1.29 is 13.3 Å². The van der Waals surface area contributed by atoms with Gasteiger partial charge < -0.3 is 0 Å². The molecule has 3 rings (SSSR count). The van der Waals surface area contributed by atoms with Gasteiger partial charge in [0.25, 0.3) is 5.69 Å². The highest BCUT2D eigenvalue weighted by Gasteiger charge is 2.27. The average Bonchev–Trinajstić information content (AvgIpc) is 2.71. The van der Waals surface area contributed by atoms with Crippen LogP contribution in [-0.4, -0.2) is 17.6 Å². The van der Waals surface area contributed by atoms with Crippen molar-refractivity contribution in [3.63, 3.8) is 0 Å². The molecular weight excluding hydrogens is 471 g/mol. The van der Waals surface area contributed by atoms with Gasteiger partial charge in [0, 0.05) is 25.2 Å². The fraction of sp³-hybridized carbons (Fsp3) is 0.100. The Kier molecular flexibility index (Phi) is 7.00. The highest BCUT2D eigenvalue weighted by Crippen LogP contribution is 2.29. The van der Waals surface area contributed by atoms with Gasteiger partial charge in [0.05, 0.1) is 20.0 Å². The van der Waals surface area contributed by atoms with E-state index in [-0.39, 0.29) is 28.7 Å². The summed E-state index contributed by atoms with van der Waals surface area (Å²) in [5, 5.41) is 11.6. The number of benzene rings is 3. The van der Waals surface area contributed by atoms with Crippen LogP contribution in [0.5, 0.6) is 0 Å². The first kappa shape index (κ1) is 22.5. The Morgan fingerprint density at radius 3 is 2.00 bits per heavy atom. The van der Waals surface area contributed by atoms with E-state index in [9.17, 15) is 18.5 Å². The van der Waals surface area contributed by atoms with E-state index >= 15 is 0 Å². The third-order valence-corrected chi connectivity index (χ3v) is 7.33. The number of nitrogens with zero attached hydrogens (tertiary/aromatic N) is 2. The van der Waals surface area contributed by atoms with Crippen LogP contribution in [0.15, 0.2) is 71.6 Å². The molecule has 0 aromatic heterocycles. The summed E-state index contributed by atoms with van der Waals surface area (Å²) >= 11 is 18.2. The second-order valence-electron chi connectivity index (χ2n) is 6.38. The maximum Gasteiger partial charge on any atom is 0.269 e. The van der Waals surface area contributed by atoms with Gasteiger partial charge >= 0.3 is 0 Å². The number of non-ortho nitro benzene ring substituents is 1. The molecule has 3 aromatic carbocycles. The maximum absolute atomic E-state index is 13.4. The molecule has 0 saturated carbocycles. The lowest BCUT2D eigenvalue weighted by Gasteiger charge is -2.23. The molecule has 6 nitrogen and oxygen atoms in total.